The van der Waals surface area contributed by atoms with E-state index in [2.05, 4.69) is 5.32 Å². The van der Waals surface area contributed by atoms with Gasteiger partial charge in [-0.15, -0.1) is 0 Å². The number of nitrogens with zero attached hydrogens (tertiary/aromatic N) is 1. The molecule has 0 aromatic heterocycles. The SMILES string of the molecule is CN(CC(=O)Nc1cccc(F)c1)S(=O)(=O)c1cccc(C(F)(F)F)c1. The van der Waals surface area contributed by atoms with Crippen LogP contribution in [0.1, 0.15) is 5.56 Å². The van der Waals surface area contributed by atoms with E-state index in [1.807, 2.05) is 0 Å². The van der Waals surface area contributed by atoms with Crippen LogP contribution in [0.4, 0.5) is 23.2 Å². The molecular formula is C16H14F4N2O3S. The predicted molar refractivity (Wildman–Crippen MR) is 86.3 cm³/mol. The van der Waals surface area contributed by atoms with Crippen molar-refractivity contribution in [3.05, 3.63) is 59.9 Å². The molecule has 0 saturated heterocycles. The van der Waals surface area contributed by atoms with E-state index in [9.17, 15) is 30.8 Å². The average Bonchev–Trinajstić information content (AvgIpc) is 2.54. The molecular weight excluding hydrogens is 376 g/mol. The zero-order valence-corrected chi connectivity index (χ0v) is 14.2. The molecule has 1 N–H and O–H groups in total. The molecule has 0 spiro atoms. The first-order chi connectivity index (χ1) is 12.0. The molecule has 0 bridgehead atoms. The number of sulfonamides is 1. The molecule has 0 unspecified atom stereocenters. The lowest BCUT2D eigenvalue weighted by atomic mass is 10.2. The van der Waals surface area contributed by atoms with Crippen molar-refractivity contribution >= 4 is 21.6 Å². The van der Waals surface area contributed by atoms with Crippen LogP contribution in [-0.4, -0.2) is 32.2 Å². The van der Waals surface area contributed by atoms with Crippen LogP contribution in [0.2, 0.25) is 0 Å². The third-order valence-electron chi connectivity index (χ3n) is 3.34. The summed E-state index contributed by atoms with van der Waals surface area (Å²) in [5, 5.41) is 2.31. The van der Waals surface area contributed by atoms with Gasteiger partial charge in [0, 0.05) is 12.7 Å². The van der Waals surface area contributed by atoms with Gasteiger partial charge >= 0.3 is 6.18 Å². The van der Waals surface area contributed by atoms with Gasteiger partial charge in [0.15, 0.2) is 0 Å². The summed E-state index contributed by atoms with van der Waals surface area (Å²) < 4.78 is 76.6. The van der Waals surface area contributed by atoms with Gasteiger partial charge < -0.3 is 5.32 Å². The van der Waals surface area contributed by atoms with Gasteiger partial charge in [0.2, 0.25) is 15.9 Å². The summed E-state index contributed by atoms with van der Waals surface area (Å²) in [4.78, 5) is 11.3. The highest BCUT2D eigenvalue weighted by atomic mass is 32.2. The lowest BCUT2D eigenvalue weighted by Crippen LogP contribution is -2.35. The number of halogens is 4. The monoisotopic (exact) mass is 390 g/mol. The van der Waals surface area contributed by atoms with Crippen molar-refractivity contribution in [1.29, 1.82) is 0 Å². The number of benzene rings is 2. The van der Waals surface area contributed by atoms with E-state index >= 15 is 0 Å². The fourth-order valence-electron chi connectivity index (χ4n) is 2.07. The van der Waals surface area contributed by atoms with Gasteiger partial charge in [0.05, 0.1) is 17.0 Å². The molecule has 2 rings (SSSR count). The summed E-state index contributed by atoms with van der Waals surface area (Å²) in [6.07, 6.45) is -4.70. The van der Waals surface area contributed by atoms with E-state index in [1.54, 1.807) is 0 Å². The summed E-state index contributed by atoms with van der Waals surface area (Å²) >= 11 is 0. The number of carbonyl (C=O) groups is 1. The molecule has 0 atom stereocenters. The van der Waals surface area contributed by atoms with Gasteiger partial charge in [-0.25, -0.2) is 12.8 Å². The first kappa shape index (κ1) is 19.9. The molecule has 2 aromatic carbocycles. The molecule has 0 aliphatic heterocycles. The van der Waals surface area contributed by atoms with E-state index < -0.39 is 44.9 Å². The Balaban J connectivity index is 2.15. The van der Waals surface area contributed by atoms with Crippen molar-refractivity contribution in [3.63, 3.8) is 0 Å². The Bertz CT molecular complexity index is 914. The highest BCUT2D eigenvalue weighted by Crippen LogP contribution is 2.31. The minimum Gasteiger partial charge on any atom is -0.325 e. The van der Waals surface area contributed by atoms with Gasteiger partial charge in [0.25, 0.3) is 0 Å². The fourth-order valence-corrected chi connectivity index (χ4v) is 3.24. The molecule has 0 heterocycles. The maximum absolute atomic E-state index is 13.1. The van der Waals surface area contributed by atoms with Crippen LogP contribution < -0.4 is 5.32 Å². The maximum atomic E-state index is 13.1. The van der Waals surface area contributed by atoms with Gasteiger partial charge in [-0.05, 0) is 36.4 Å². The molecule has 0 radical (unpaired) electrons. The standard InChI is InChI=1S/C16H14F4N2O3S/c1-22(10-15(23)21-13-6-3-5-12(17)9-13)26(24,25)14-7-2-4-11(8-14)16(18,19)20/h2-9H,10H2,1H3,(H,21,23). The van der Waals surface area contributed by atoms with Crippen LogP contribution in [0.3, 0.4) is 0 Å². The second-order valence-electron chi connectivity index (χ2n) is 5.35. The molecule has 0 saturated carbocycles. The molecule has 10 heteroatoms. The molecule has 26 heavy (non-hydrogen) atoms. The number of likely N-dealkylation sites (N-methyl/N-ethyl adjacent to an activating group) is 1. The minimum absolute atomic E-state index is 0.125. The van der Waals surface area contributed by atoms with Crippen molar-refractivity contribution in [3.8, 4) is 0 Å². The average molecular weight is 390 g/mol. The topological polar surface area (TPSA) is 66.5 Å². The molecule has 1 amide bonds. The summed E-state index contributed by atoms with van der Waals surface area (Å²) in [5.74, 6) is -1.36. The van der Waals surface area contributed by atoms with Crippen molar-refractivity contribution in [2.45, 2.75) is 11.1 Å². The number of nitrogens with one attached hydrogen (secondary N) is 1. The second-order valence-corrected chi connectivity index (χ2v) is 7.39. The van der Waals surface area contributed by atoms with E-state index in [0.29, 0.717) is 10.4 Å². The molecule has 5 nitrogen and oxygen atoms in total. The smallest absolute Gasteiger partial charge is 0.325 e. The van der Waals surface area contributed by atoms with Crippen molar-refractivity contribution < 1.29 is 30.8 Å². The largest absolute Gasteiger partial charge is 0.416 e. The summed E-state index contributed by atoms with van der Waals surface area (Å²) in [6, 6.07) is 8.18. The van der Waals surface area contributed by atoms with Gasteiger partial charge in [0.1, 0.15) is 5.82 Å². The Hall–Kier alpha value is -2.46. The van der Waals surface area contributed by atoms with E-state index in [0.717, 1.165) is 31.3 Å². The molecule has 0 aliphatic carbocycles. The maximum Gasteiger partial charge on any atom is 0.416 e. The van der Waals surface area contributed by atoms with E-state index in [4.69, 9.17) is 0 Å². The number of hydrogen-bond donors (Lipinski definition) is 1. The zero-order chi connectivity index (χ0) is 19.5. The van der Waals surface area contributed by atoms with Crippen molar-refractivity contribution in [2.24, 2.45) is 0 Å². The highest BCUT2D eigenvalue weighted by molar-refractivity contribution is 7.89. The van der Waals surface area contributed by atoms with Crippen molar-refractivity contribution in [2.75, 3.05) is 18.9 Å². The Morgan fingerprint density at radius 2 is 1.77 bits per heavy atom. The van der Waals surface area contributed by atoms with Gasteiger partial charge in [-0.2, -0.15) is 17.5 Å². The van der Waals surface area contributed by atoms with Gasteiger partial charge in [-0.1, -0.05) is 12.1 Å². The van der Waals surface area contributed by atoms with Crippen LogP contribution >= 0.6 is 0 Å². The normalized spacial score (nSPS) is 12.2. The fraction of sp³-hybridized carbons (Fsp3) is 0.188. The molecule has 0 fully saturated rings. The summed E-state index contributed by atoms with van der Waals surface area (Å²) in [5.41, 5.74) is -0.990. The van der Waals surface area contributed by atoms with Crippen LogP contribution in [-0.2, 0) is 21.0 Å². The lowest BCUT2D eigenvalue weighted by Gasteiger charge is -2.18. The molecule has 140 valence electrons. The highest BCUT2D eigenvalue weighted by Gasteiger charge is 2.32. The summed E-state index contributed by atoms with van der Waals surface area (Å²) in [7, 11) is -3.26. The number of amides is 1. The lowest BCUT2D eigenvalue weighted by molar-refractivity contribution is -0.137. The first-order valence-corrected chi connectivity index (χ1v) is 8.63. The van der Waals surface area contributed by atoms with Gasteiger partial charge in [-0.3, -0.25) is 4.79 Å². The molecule has 0 aliphatic rings. The summed E-state index contributed by atoms with van der Waals surface area (Å²) in [6.45, 7) is -0.658. The predicted octanol–water partition coefficient (Wildman–Crippen LogP) is 3.10. The molecule has 2 aromatic rings. The number of carbonyl (C=O) groups excluding carboxylic acids is 1. The zero-order valence-electron chi connectivity index (χ0n) is 13.4. The Labute approximate surface area is 147 Å². The number of anilines is 1. The van der Waals surface area contributed by atoms with Crippen LogP contribution in [0.15, 0.2) is 53.4 Å². The minimum atomic E-state index is -4.70. The number of hydrogen-bond acceptors (Lipinski definition) is 3. The Morgan fingerprint density at radius 1 is 1.12 bits per heavy atom. The second kappa shape index (κ2) is 7.42. The van der Waals surface area contributed by atoms with Crippen LogP contribution in [0.25, 0.3) is 0 Å². The van der Waals surface area contributed by atoms with E-state index in [-0.39, 0.29) is 5.69 Å². The first-order valence-electron chi connectivity index (χ1n) is 7.19. The number of alkyl halides is 3. The van der Waals surface area contributed by atoms with Crippen LogP contribution in [0, 0.1) is 5.82 Å². The third kappa shape index (κ3) is 4.79. The quantitative estimate of drug-likeness (QED) is 0.798. The third-order valence-corrected chi connectivity index (χ3v) is 5.14. The van der Waals surface area contributed by atoms with Crippen molar-refractivity contribution in [1.82, 2.24) is 4.31 Å². The van der Waals surface area contributed by atoms with E-state index in [1.165, 1.54) is 18.2 Å². The Kier molecular flexibility index (Phi) is 5.67. The number of rotatable bonds is 5. The Morgan fingerprint density at radius 3 is 2.38 bits per heavy atom. The van der Waals surface area contributed by atoms with Crippen LogP contribution in [0.5, 0.6) is 0 Å².